The lowest BCUT2D eigenvalue weighted by molar-refractivity contribution is 0.616. The van der Waals surface area contributed by atoms with Crippen molar-refractivity contribution in [3.05, 3.63) is 52.7 Å². The molecule has 0 unspecified atom stereocenters. The molecule has 0 saturated carbocycles. The molecule has 1 aromatic carbocycles. The van der Waals surface area contributed by atoms with E-state index in [9.17, 15) is 4.39 Å². The Hall–Kier alpha value is -2.34. The standard InChI is InChI=1S/C16H13FN4S/c1-8-12-6-14(17)11(5-15(12)20-19-8)3-10-4-13-9(2)21-22-16(13)18-7-10/h4-7H,3H2,1-2H3,(H,19,20). The molecule has 110 valence electrons. The fourth-order valence-corrected chi connectivity index (χ4v) is 3.37. The van der Waals surface area contributed by atoms with Crippen LogP contribution in [-0.4, -0.2) is 19.6 Å². The van der Waals surface area contributed by atoms with Gasteiger partial charge in [-0.2, -0.15) is 9.47 Å². The minimum Gasteiger partial charge on any atom is -0.282 e. The Kier molecular flexibility index (Phi) is 2.94. The second-order valence-electron chi connectivity index (χ2n) is 5.45. The molecule has 1 N–H and O–H groups in total. The fourth-order valence-electron chi connectivity index (χ4n) is 2.64. The number of pyridine rings is 1. The van der Waals surface area contributed by atoms with E-state index in [1.807, 2.05) is 19.9 Å². The maximum Gasteiger partial charge on any atom is 0.143 e. The molecule has 0 radical (unpaired) electrons. The molecule has 22 heavy (non-hydrogen) atoms. The average Bonchev–Trinajstić information content (AvgIpc) is 3.04. The van der Waals surface area contributed by atoms with E-state index in [1.54, 1.807) is 18.3 Å². The van der Waals surface area contributed by atoms with Crippen molar-refractivity contribution in [3.63, 3.8) is 0 Å². The Bertz CT molecular complexity index is 1000. The highest BCUT2D eigenvalue weighted by atomic mass is 32.1. The van der Waals surface area contributed by atoms with E-state index in [0.717, 1.165) is 38.1 Å². The first-order chi connectivity index (χ1) is 10.6. The topological polar surface area (TPSA) is 54.5 Å². The minimum atomic E-state index is -0.211. The summed E-state index contributed by atoms with van der Waals surface area (Å²) in [5.74, 6) is -0.211. The van der Waals surface area contributed by atoms with Crippen LogP contribution in [0.5, 0.6) is 0 Å². The van der Waals surface area contributed by atoms with Crippen LogP contribution in [0.4, 0.5) is 4.39 Å². The highest BCUT2D eigenvalue weighted by Gasteiger charge is 2.11. The smallest absolute Gasteiger partial charge is 0.143 e. The lowest BCUT2D eigenvalue weighted by Crippen LogP contribution is -1.94. The molecule has 4 aromatic rings. The Balaban J connectivity index is 1.77. The summed E-state index contributed by atoms with van der Waals surface area (Å²) in [6.07, 6.45) is 2.28. The van der Waals surface area contributed by atoms with Crippen molar-refractivity contribution >= 4 is 32.7 Å². The number of nitrogens with zero attached hydrogens (tertiary/aromatic N) is 3. The minimum absolute atomic E-state index is 0.211. The summed E-state index contributed by atoms with van der Waals surface area (Å²) in [5.41, 5.74) is 4.23. The number of aromatic amines is 1. The molecule has 6 heteroatoms. The molecule has 0 spiro atoms. The molecular formula is C16H13FN4S. The fraction of sp³-hybridized carbons (Fsp3) is 0.188. The first kappa shape index (κ1) is 13.3. The van der Waals surface area contributed by atoms with E-state index < -0.39 is 0 Å². The van der Waals surface area contributed by atoms with Gasteiger partial charge in [0.25, 0.3) is 0 Å². The van der Waals surface area contributed by atoms with Crippen molar-refractivity contribution in [2.24, 2.45) is 0 Å². The van der Waals surface area contributed by atoms with Gasteiger partial charge in [0.1, 0.15) is 10.6 Å². The molecule has 0 aliphatic rings. The van der Waals surface area contributed by atoms with Gasteiger partial charge in [0.15, 0.2) is 0 Å². The quantitative estimate of drug-likeness (QED) is 0.610. The summed E-state index contributed by atoms with van der Waals surface area (Å²) >= 11 is 1.39. The predicted octanol–water partition coefficient (Wildman–Crippen LogP) is 3.91. The summed E-state index contributed by atoms with van der Waals surface area (Å²) < 4.78 is 18.6. The van der Waals surface area contributed by atoms with Gasteiger partial charge in [-0.15, -0.1) is 0 Å². The highest BCUT2D eigenvalue weighted by Crippen LogP contribution is 2.25. The molecule has 3 aromatic heterocycles. The van der Waals surface area contributed by atoms with Crippen LogP contribution in [-0.2, 0) is 6.42 Å². The van der Waals surface area contributed by atoms with Crippen LogP contribution in [0, 0.1) is 19.7 Å². The number of aromatic nitrogens is 4. The number of halogens is 1. The van der Waals surface area contributed by atoms with E-state index in [4.69, 9.17) is 0 Å². The number of hydrogen-bond donors (Lipinski definition) is 1. The van der Waals surface area contributed by atoms with Gasteiger partial charge in [-0.25, -0.2) is 9.37 Å². The van der Waals surface area contributed by atoms with Gasteiger partial charge in [0, 0.05) is 29.1 Å². The molecule has 4 rings (SSSR count). The largest absolute Gasteiger partial charge is 0.282 e. The lowest BCUT2D eigenvalue weighted by Gasteiger charge is -2.04. The Labute approximate surface area is 130 Å². The number of hydrogen-bond acceptors (Lipinski definition) is 4. The third kappa shape index (κ3) is 2.07. The molecule has 0 fully saturated rings. The summed E-state index contributed by atoms with van der Waals surface area (Å²) in [6.45, 7) is 3.85. The number of nitrogens with one attached hydrogen (secondary N) is 1. The SMILES string of the molecule is Cc1[nH]nc2cc(Cc3cnc4snc(C)c4c3)c(F)cc12. The van der Waals surface area contributed by atoms with E-state index in [1.165, 1.54) is 11.5 Å². The number of rotatable bonds is 2. The maximum absolute atomic E-state index is 14.3. The van der Waals surface area contributed by atoms with Crippen molar-refractivity contribution in [2.45, 2.75) is 20.3 Å². The van der Waals surface area contributed by atoms with Crippen LogP contribution < -0.4 is 0 Å². The van der Waals surface area contributed by atoms with Gasteiger partial charge in [-0.05, 0) is 54.7 Å². The molecular weight excluding hydrogens is 299 g/mol. The Morgan fingerprint density at radius 3 is 2.91 bits per heavy atom. The van der Waals surface area contributed by atoms with Crippen LogP contribution in [0.1, 0.15) is 22.5 Å². The normalized spacial score (nSPS) is 11.6. The van der Waals surface area contributed by atoms with Crippen LogP contribution in [0.15, 0.2) is 24.4 Å². The van der Waals surface area contributed by atoms with E-state index >= 15 is 0 Å². The van der Waals surface area contributed by atoms with Gasteiger partial charge < -0.3 is 0 Å². The molecule has 0 amide bonds. The second kappa shape index (κ2) is 4.84. The third-order valence-electron chi connectivity index (χ3n) is 3.87. The van der Waals surface area contributed by atoms with Gasteiger partial charge in [0.05, 0.1) is 11.2 Å². The van der Waals surface area contributed by atoms with Crippen LogP contribution >= 0.6 is 11.5 Å². The first-order valence-electron chi connectivity index (χ1n) is 6.96. The van der Waals surface area contributed by atoms with Crippen molar-refractivity contribution in [2.75, 3.05) is 0 Å². The molecule has 0 aliphatic heterocycles. The van der Waals surface area contributed by atoms with Gasteiger partial charge in [-0.3, -0.25) is 5.10 Å². The van der Waals surface area contributed by atoms with E-state index in [-0.39, 0.29) is 5.82 Å². The van der Waals surface area contributed by atoms with Crippen molar-refractivity contribution in [1.29, 1.82) is 0 Å². The van der Waals surface area contributed by atoms with Crippen molar-refractivity contribution in [1.82, 2.24) is 19.6 Å². The van der Waals surface area contributed by atoms with Gasteiger partial charge in [0.2, 0.25) is 0 Å². The van der Waals surface area contributed by atoms with Crippen molar-refractivity contribution in [3.8, 4) is 0 Å². The van der Waals surface area contributed by atoms with E-state index in [0.29, 0.717) is 12.0 Å². The molecule has 0 saturated heterocycles. The molecule has 0 bridgehead atoms. The van der Waals surface area contributed by atoms with Crippen LogP contribution in [0.25, 0.3) is 21.1 Å². The Morgan fingerprint density at radius 2 is 2.05 bits per heavy atom. The third-order valence-corrected chi connectivity index (χ3v) is 4.74. The summed E-state index contributed by atoms with van der Waals surface area (Å²) in [5, 5.41) is 8.96. The molecule has 3 heterocycles. The van der Waals surface area contributed by atoms with Gasteiger partial charge in [-0.1, -0.05) is 0 Å². The first-order valence-corrected chi connectivity index (χ1v) is 7.73. The summed E-state index contributed by atoms with van der Waals surface area (Å²) in [6, 6.07) is 5.39. The Morgan fingerprint density at radius 1 is 1.18 bits per heavy atom. The zero-order valence-corrected chi connectivity index (χ0v) is 13.0. The van der Waals surface area contributed by atoms with Crippen LogP contribution in [0.2, 0.25) is 0 Å². The lowest BCUT2D eigenvalue weighted by atomic mass is 10.0. The van der Waals surface area contributed by atoms with Crippen LogP contribution in [0.3, 0.4) is 0 Å². The molecule has 0 aliphatic carbocycles. The predicted molar refractivity (Wildman–Crippen MR) is 85.7 cm³/mol. The maximum atomic E-state index is 14.3. The molecule has 4 nitrogen and oxygen atoms in total. The number of fused-ring (bicyclic) bond motifs is 2. The number of H-pyrrole nitrogens is 1. The summed E-state index contributed by atoms with van der Waals surface area (Å²) in [7, 11) is 0. The molecule has 0 atom stereocenters. The number of benzene rings is 1. The van der Waals surface area contributed by atoms with E-state index in [2.05, 4.69) is 19.6 Å². The zero-order valence-electron chi connectivity index (χ0n) is 12.1. The van der Waals surface area contributed by atoms with Gasteiger partial charge >= 0.3 is 0 Å². The monoisotopic (exact) mass is 312 g/mol. The summed E-state index contributed by atoms with van der Waals surface area (Å²) in [4.78, 5) is 5.32. The number of aryl methyl sites for hydroxylation is 2. The zero-order chi connectivity index (χ0) is 15.3. The average molecular weight is 312 g/mol. The highest BCUT2D eigenvalue weighted by molar-refractivity contribution is 7.12. The second-order valence-corrected chi connectivity index (χ2v) is 6.20. The van der Waals surface area contributed by atoms with Crippen molar-refractivity contribution < 1.29 is 4.39 Å².